The smallest absolute Gasteiger partial charge is 0.245 e. The van der Waals surface area contributed by atoms with Crippen LogP contribution in [-0.2, 0) is 9.59 Å². The zero-order valence-corrected chi connectivity index (χ0v) is 19.5. The molecule has 2 N–H and O–H groups in total. The van der Waals surface area contributed by atoms with Crippen LogP contribution >= 0.6 is 0 Å². The maximum absolute atomic E-state index is 12.5. The maximum Gasteiger partial charge on any atom is 0.245 e. The van der Waals surface area contributed by atoms with Crippen LogP contribution in [-0.4, -0.2) is 76.7 Å². The standard InChI is InChI=1S/C24H33N7O2/c1-17-3-5-19(6-4-17)22-15-25-29-24(28-22)31-13-11-30(12-14-31)16-23(33)27-21-9-7-20(8-10-21)26-18(2)32/h3-6,15,20-21H,7-14,16H2,1-2H3,(H,26,32)(H,27,33)/t20-,21-. The molecular weight excluding hydrogens is 418 g/mol. The summed E-state index contributed by atoms with van der Waals surface area (Å²) in [6, 6.07) is 8.67. The number of nitrogens with zero attached hydrogens (tertiary/aromatic N) is 5. The van der Waals surface area contributed by atoms with Crippen LogP contribution in [0.15, 0.2) is 30.5 Å². The van der Waals surface area contributed by atoms with Gasteiger partial charge in [-0.25, -0.2) is 4.98 Å². The van der Waals surface area contributed by atoms with Crippen molar-refractivity contribution in [2.45, 2.75) is 51.6 Å². The van der Waals surface area contributed by atoms with Crippen LogP contribution in [0, 0.1) is 6.92 Å². The van der Waals surface area contributed by atoms with Gasteiger partial charge in [0.2, 0.25) is 17.8 Å². The van der Waals surface area contributed by atoms with Gasteiger partial charge in [0, 0.05) is 50.7 Å². The van der Waals surface area contributed by atoms with E-state index in [4.69, 9.17) is 4.98 Å². The molecule has 2 aromatic rings. The molecule has 0 unspecified atom stereocenters. The van der Waals surface area contributed by atoms with Gasteiger partial charge in [-0.05, 0) is 32.6 Å². The topological polar surface area (TPSA) is 103 Å². The molecule has 33 heavy (non-hydrogen) atoms. The average Bonchev–Trinajstić information content (AvgIpc) is 2.81. The summed E-state index contributed by atoms with van der Waals surface area (Å²) in [4.78, 5) is 32.8. The molecule has 9 nitrogen and oxygen atoms in total. The van der Waals surface area contributed by atoms with E-state index in [0.29, 0.717) is 12.5 Å². The number of piperazine rings is 1. The Labute approximate surface area is 195 Å². The van der Waals surface area contributed by atoms with Gasteiger partial charge in [-0.1, -0.05) is 29.8 Å². The minimum Gasteiger partial charge on any atom is -0.354 e. The quantitative estimate of drug-likeness (QED) is 0.687. The molecule has 0 spiro atoms. The predicted octanol–water partition coefficient (Wildman–Crippen LogP) is 1.53. The van der Waals surface area contributed by atoms with Crippen molar-refractivity contribution in [1.82, 2.24) is 30.7 Å². The number of aromatic nitrogens is 3. The van der Waals surface area contributed by atoms with E-state index in [9.17, 15) is 9.59 Å². The molecule has 1 aliphatic carbocycles. The van der Waals surface area contributed by atoms with Crippen LogP contribution in [0.5, 0.6) is 0 Å². The van der Waals surface area contributed by atoms with Gasteiger partial charge >= 0.3 is 0 Å². The number of hydrogen-bond acceptors (Lipinski definition) is 7. The Morgan fingerprint density at radius 1 is 0.970 bits per heavy atom. The fourth-order valence-corrected chi connectivity index (χ4v) is 4.54. The molecule has 2 heterocycles. The van der Waals surface area contributed by atoms with Crippen LogP contribution in [0.3, 0.4) is 0 Å². The lowest BCUT2D eigenvalue weighted by Gasteiger charge is -2.35. The van der Waals surface area contributed by atoms with Gasteiger partial charge in [-0.2, -0.15) is 5.10 Å². The van der Waals surface area contributed by atoms with Gasteiger partial charge < -0.3 is 15.5 Å². The largest absolute Gasteiger partial charge is 0.354 e. The van der Waals surface area contributed by atoms with Crippen LogP contribution in [0.25, 0.3) is 11.3 Å². The summed E-state index contributed by atoms with van der Waals surface area (Å²) in [6.07, 6.45) is 5.34. The van der Waals surface area contributed by atoms with Crippen molar-refractivity contribution in [2.24, 2.45) is 0 Å². The third-order valence-electron chi connectivity index (χ3n) is 6.42. The van der Waals surface area contributed by atoms with Crippen molar-refractivity contribution in [1.29, 1.82) is 0 Å². The lowest BCUT2D eigenvalue weighted by Crippen LogP contribution is -2.51. The summed E-state index contributed by atoms with van der Waals surface area (Å²) in [7, 11) is 0. The molecule has 2 fully saturated rings. The number of benzene rings is 1. The number of amides is 2. The summed E-state index contributed by atoms with van der Waals surface area (Å²) < 4.78 is 0. The molecule has 4 rings (SSSR count). The molecular formula is C24H33N7O2. The van der Waals surface area contributed by atoms with E-state index in [-0.39, 0.29) is 23.9 Å². The van der Waals surface area contributed by atoms with Crippen molar-refractivity contribution in [3.8, 4) is 11.3 Å². The fraction of sp³-hybridized carbons (Fsp3) is 0.542. The fourth-order valence-electron chi connectivity index (χ4n) is 4.54. The zero-order chi connectivity index (χ0) is 23.2. The Hall–Kier alpha value is -3.07. The Morgan fingerprint density at radius 2 is 1.61 bits per heavy atom. The minimum atomic E-state index is 0.0182. The lowest BCUT2D eigenvalue weighted by molar-refractivity contribution is -0.123. The van der Waals surface area contributed by atoms with E-state index >= 15 is 0 Å². The molecule has 1 aliphatic heterocycles. The highest BCUT2D eigenvalue weighted by atomic mass is 16.2. The van der Waals surface area contributed by atoms with Gasteiger partial charge in [0.25, 0.3) is 0 Å². The SMILES string of the molecule is CC(=O)N[C@H]1CC[C@H](NC(=O)CN2CCN(c3nncc(-c4ccc(C)cc4)n3)CC2)CC1. The summed E-state index contributed by atoms with van der Waals surface area (Å²) in [5, 5.41) is 14.5. The molecule has 0 radical (unpaired) electrons. The van der Waals surface area contributed by atoms with Crippen LogP contribution < -0.4 is 15.5 Å². The molecule has 0 atom stereocenters. The Kier molecular flexibility index (Phi) is 7.49. The highest BCUT2D eigenvalue weighted by Gasteiger charge is 2.25. The van der Waals surface area contributed by atoms with E-state index in [1.807, 2.05) is 12.1 Å². The number of carbonyl (C=O) groups is 2. The third kappa shape index (κ3) is 6.47. The molecule has 176 valence electrons. The van der Waals surface area contributed by atoms with Crippen LogP contribution in [0.1, 0.15) is 38.2 Å². The van der Waals surface area contributed by atoms with Gasteiger partial charge in [0.05, 0.1) is 18.4 Å². The minimum absolute atomic E-state index is 0.0182. The van der Waals surface area contributed by atoms with E-state index in [2.05, 4.69) is 49.7 Å². The number of carbonyl (C=O) groups excluding carboxylic acids is 2. The van der Waals surface area contributed by atoms with E-state index in [1.54, 1.807) is 13.1 Å². The second kappa shape index (κ2) is 10.7. The molecule has 1 saturated carbocycles. The monoisotopic (exact) mass is 451 g/mol. The molecule has 0 bridgehead atoms. The number of nitrogens with one attached hydrogen (secondary N) is 2. The van der Waals surface area contributed by atoms with E-state index < -0.39 is 0 Å². The van der Waals surface area contributed by atoms with Crippen molar-refractivity contribution in [2.75, 3.05) is 37.6 Å². The first-order valence-corrected chi connectivity index (χ1v) is 11.8. The van der Waals surface area contributed by atoms with E-state index in [1.165, 1.54) is 5.56 Å². The van der Waals surface area contributed by atoms with Gasteiger partial charge in [0.15, 0.2) is 0 Å². The summed E-state index contributed by atoms with van der Waals surface area (Å²) in [5.74, 6) is 0.725. The normalized spacial score (nSPS) is 21.5. The first-order valence-electron chi connectivity index (χ1n) is 11.8. The highest BCUT2D eigenvalue weighted by Crippen LogP contribution is 2.20. The predicted molar refractivity (Wildman–Crippen MR) is 127 cm³/mol. The molecule has 1 saturated heterocycles. The number of aryl methyl sites for hydroxylation is 1. The number of rotatable bonds is 6. The zero-order valence-electron chi connectivity index (χ0n) is 19.5. The van der Waals surface area contributed by atoms with Gasteiger partial charge in [-0.3, -0.25) is 14.5 Å². The van der Waals surface area contributed by atoms with Crippen molar-refractivity contribution in [3.05, 3.63) is 36.0 Å². The molecule has 9 heteroatoms. The second-order valence-electron chi connectivity index (χ2n) is 9.09. The van der Waals surface area contributed by atoms with Crippen molar-refractivity contribution >= 4 is 17.8 Å². The summed E-state index contributed by atoms with van der Waals surface area (Å²) in [5.41, 5.74) is 3.05. The molecule has 2 aliphatic rings. The van der Waals surface area contributed by atoms with Crippen LogP contribution in [0.4, 0.5) is 5.95 Å². The van der Waals surface area contributed by atoms with Gasteiger partial charge in [0.1, 0.15) is 0 Å². The van der Waals surface area contributed by atoms with Crippen molar-refractivity contribution in [3.63, 3.8) is 0 Å². The maximum atomic E-state index is 12.5. The van der Waals surface area contributed by atoms with E-state index in [0.717, 1.165) is 63.1 Å². The lowest BCUT2D eigenvalue weighted by atomic mass is 9.91. The first-order chi connectivity index (χ1) is 16.0. The Balaban J connectivity index is 1.22. The number of hydrogen-bond donors (Lipinski definition) is 2. The number of anilines is 1. The third-order valence-corrected chi connectivity index (χ3v) is 6.42. The molecule has 1 aromatic heterocycles. The van der Waals surface area contributed by atoms with Gasteiger partial charge in [-0.15, -0.1) is 5.10 Å². The second-order valence-corrected chi connectivity index (χ2v) is 9.09. The Bertz CT molecular complexity index is 950. The molecule has 1 aromatic carbocycles. The molecule has 2 amide bonds. The average molecular weight is 452 g/mol. The Morgan fingerprint density at radius 3 is 2.24 bits per heavy atom. The summed E-state index contributed by atoms with van der Waals surface area (Å²) in [6.45, 7) is 7.09. The van der Waals surface area contributed by atoms with Crippen LogP contribution in [0.2, 0.25) is 0 Å². The highest BCUT2D eigenvalue weighted by molar-refractivity contribution is 5.78. The van der Waals surface area contributed by atoms with Crippen molar-refractivity contribution < 1.29 is 9.59 Å². The summed E-state index contributed by atoms with van der Waals surface area (Å²) >= 11 is 0. The first kappa shape index (κ1) is 23.1.